The van der Waals surface area contributed by atoms with Gasteiger partial charge in [0.1, 0.15) is 5.88 Å². The number of carbonyl (C=O) groups is 1. The van der Waals surface area contributed by atoms with Gasteiger partial charge in [-0.2, -0.15) is 0 Å². The van der Waals surface area contributed by atoms with Gasteiger partial charge in [-0.1, -0.05) is 0 Å². The van der Waals surface area contributed by atoms with Crippen molar-refractivity contribution >= 4 is 17.5 Å². The molecule has 1 N–H and O–H groups in total. The molecule has 0 atom stereocenters. The van der Waals surface area contributed by atoms with Crippen LogP contribution in [-0.4, -0.2) is 43.9 Å². The van der Waals surface area contributed by atoms with Gasteiger partial charge in [-0.05, 0) is 7.05 Å². The van der Waals surface area contributed by atoms with Gasteiger partial charge in [0.05, 0.1) is 0 Å². The van der Waals surface area contributed by atoms with E-state index in [2.05, 4.69) is 5.32 Å². The van der Waals surface area contributed by atoms with Crippen molar-refractivity contribution in [2.24, 2.45) is 0 Å². The summed E-state index contributed by atoms with van der Waals surface area (Å²) < 4.78 is 0. The summed E-state index contributed by atoms with van der Waals surface area (Å²) in [7, 11) is 3.58. The van der Waals surface area contributed by atoms with Gasteiger partial charge in [0.25, 0.3) is 0 Å². The molecule has 0 aliphatic heterocycles. The third-order valence-corrected chi connectivity index (χ3v) is 1.47. The normalized spacial score (nSPS) is 9.50. The largest absolute Gasteiger partial charge is 0.343 e. The molecule has 0 aromatic rings. The quantitative estimate of drug-likeness (QED) is 0.589. The first kappa shape index (κ1) is 9.72. The van der Waals surface area contributed by atoms with Crippen LogP contribution in [0.3, 0.4) is 0 Å². The first-order valence-electron chi connectivity index (χ1n) is 3.17. The molecule has 10 heavy (non-hydrogen) atoms. The molecule has 0 heterocycles. The lowest BCUT2D eigenvalue weighted by Gasteiger charge is -2.14. The van der Waals surface area contributed by atoms with Crippen molar-refractivity contribution < 1.29 is 4.79 Å². The molecule has 0 unspecified atom stereocenters. The van der Waals surface area contributed by atoms with E-state index in [1.807, 2.05) is 7.05 Å². The van der Waals surface area contributed by atoms with E-state index in [-0.39, 0.29) is 11.8 Å². The second-order valence-electron chi connectivity index (χ2n) is 2.05. The number of rotatable bonds is 4. The number of hydrogen-bond acceptors (Lipinski definition) is 2. The first-order chi connectivity index (χ1) is 4.72. The van der Waals surface area contributed by atoms with E-state index in [1.165, 1.54) is 0 Å². The molecule has 0 rings (SSSR count). The molecule has 4 heteroatoms. The number of hydrogen-bond donors (Lipinski definition) is 1. The Morgan fingerprint density at radius 1 is 1.70 bits per heavy atom. The van der Waals surface area contributed by atoms with Crippen LogP contribution in [0.15, 0.2) is 0 Å². The third kappa shape index (κ3) is 3.69. The fourth-order valence-corrected chi connectivity index (χ4v) is 0.710. The molecular formula is C6H13ClN2O. The van der Waals surface area contributed by atoms with E-state index in [0.717, 1.165) is 6.54 Å². The molecule has 0 saturated heterocycles. The highest BCUT2D eigenvalue weighted by atomic mass is 35.5. The van der Waals surface area contributed by atoms with Gasteiger partial charge in [-0.3, -0.25) is 4.79 Å². The number of carbonyl (C=O) groups excluding carboxylic acids is 1. The van der Waals surface area contributed by atoms with Crippen molar-refractivity contribution in [1.82, 2.24) is 10.2 Å². The SMILES string of the molecule is CNCCN(C)C(=O)CCl. The van der Waals surface area contributed by atoms with E-state index in [0.29, 0.717) is 6.54 Å². The van der Waals surface area contributed by atoms with Crippen LogP contribution >= 0.6 is 11.6 Å². The number of halogens is 1. The van der Waals surface area contributed by atoms with Crippen LogP contribution in [0.1, 0.15) is 0 Å². The summed E-state index contributed by atoms with van der Waals surface area (Å²) in [5.74, 6) is 0.0390. The molecule has 0 aromatic heterocycles. The van der Waals surface area contributed by atoms with Crippen molar-refractivity contribution in [1.29, 1.82) is 0 Å². The second-order valence-corrected chi connectivity index (χ2v) is 2.32. The Kier molecular flexibility index (Phi) is 5.35. The molecule has 0 radical (unpaired) electrons. The lowest BCUT2D eigenvalue weighted by molar-refractivity contribution is -0.127. The molecule has 0 spiro atoms. The van der Waals surface area contributed by atoms with Crippen molar-refractivity contribution in [2.75, 3.05) is 33.1 Å². The predicted octanol–water partition coefficient (Wildman–Crippen LogP) is -0.0970. The van der Waals surface area contributed by atoms with Crippen LogP contribution in [-0.2, 0) is 4.79 Å². The van der Waals surface area contributed by atoms with E-state index < -0.39 is 0 Å². The summed E-state index contributed by atoms with van der Waals surface area (Å²) in [4.78, 5) is 12.4. The minimum Gasteiger partial charge on any atom is -0.343 e. The van der Waals surface area contributed by atoms with E-state index in [1.54, 1.807) is 11.9 Å². The van der Waals surface area contributed by atoms with Gasteiger partial charge < -0.3 is 10.2 Å². The molecule has 0 aliphatic carbocycles. The number of nitrogens with zero attached hydrogens (tertiary/aromatic N) is 1. The maximum absolute atomic E-state index is 10.8. The monoisotopic (exact) mass is 164 g/mol. The van der Waals surface area contributed by atoms with E-state index in [4.69, 9.17) is 11.6 Å². The Bertz CT molecular complexity index is 108. The summed E-state index contributed by atoms with van der Waals surface area (Å²) in [5.41, 5.74) is 0. The average Bonchev–Trinajstić information content (AvgIpc) is 1.98. The van der Waals surface area contributed by atoms with Crippen LogP contribution in [0.4, 0.5) is 0 Å². The molecule has 0 fully saturated rings. The molecule has 0 bridgehead atoms. The molecule has 0 aliphatic rings. The minimum absolute atomic E-state index is 0.0306. The third-order valence-electron chi connectivity index (χ3n) is 1.24. The van der Waals surface area contributed by atoms with Gasteiger partial charge >= 0.3 is 0 Å². The Labute approximate surface area is 66.3 Å². The fourth-order valence-electron chi connectivity index (χ4n) is 0.506. The Morgan fingerprint density at radius 3 is 2.70 bits per heavy atom. The average molecular weight is 165 g/mol. The lowest BCUT2D eigenvalue weighted by atomic mass is 10.5. The summed E-state index contributed by atoms with van der Waals surface area (Å²) in [6.07, 6.45) is 0. The van der Waals surface area contributed by atoms with Crippen LogP contribution in [0.25, 0.3) is 0 Å². The Morgan fingerprint density at radius 2 is 2.30 bits per heavy atom. The standard InChI is InChI=1S/C6H13ClN2O/c1-8-3-4-9(2)6(10)5-7/h8H,3-5H2,1-2H3. The van der Waals surface area contributed by atoms with Gasteiger partial charge in [-0.25, -0.2) is 0 Å². The van der Waals surface area contributed by atoms with E-state index >= 15 is 0 Å². The maximum atomic E-state index is 10.8. The summed E-state index contributed by atoms with van der Waals surface area (Å²) in [6, 6.07) is 0. The number of nitrogens with one attached hydrogen (secondary N) is 1. The van der Waals surface area contributed by atoms with Gasteiger partial charge in [-0.15, -0.1) is 11.6 Å². The number of alkyl halides is 1. The minimum atomic E-state index is -0.0306. The molecule has 1 amide bonds. The van der Waals surface area contributed by atoms with Crippen molar-refractivity contribution in [3.8, 4) is 0 Å². The zero-order valence-corrected chi connectivity index (χ0v) is 7.11. The Balaban J connectivity index is 3.41. The summed E-state index contributed by atoms with van der Waals surface area (Å²) in [6.45, 7) is 1.52. The Hall–Kier alpha value is -0.280. The second kappa shape index (κ2) is 5.50. The summed E-state index contributed by atoms with van der Waals surface area (Å²) in [5, 5.41) is 2.94. The molecular weight excluding hydrogens is 152 g/mol. The predicted molar refractivity (Wildman–Crippen MR) is 42.3 cm³/mol. The molecule has 60 valence electrons. The zero-order chi connectivity index (χ0) is 7.98. The molecule has 0 aromatic carbocycles. The topological polar surface area (TPSA) is 32.3 Å². The van der Waals surface area contributed by atoms with Crippen LogP contribution < -0.4 is 5.32 Å². The summed E-state index contributed by atoms with van der Waals surface area (Å²) >= 11 is 5.31. The van der Waals surface area contributed by atoms with Crippen LogP contribution in [0, 0.1) is 0 Å². The van der Waals surface area contributed by atoms with E-state index in [9.17, 15) is 4.79 Å². The van der Waals surface area contributed by atoms with Gasteiger partial charge in [0, 0.05) is 20.1 Å². The zero-order valence-electron chi connectivity index (χ0n) is 6.35. The lowest BCUT2D eigenvalue weighted by Crippen LogP contribution is -2.33. The van der Waals surface area contributed by atoms with Crippen LogP contribution in [0.2, 0.25) is 0 Å². The number of likely N-dealkylation sites (N-methyl/N-ethyl adjacent to an activating group) is 2. The van der Waals surface area contributed by atoms with Crippen LogP contribution in [0.5, 0.6) is 0 Å². The first-order valence-corrected chi connectivity index (χ1v) is 3.70. The number of amides is 1. The van der Waals surface area contributed by atoms with Gasteiger partial charge in [0.2, 0.25) is 5.91 Å². The highest BCUT2D eigenvalue weighted by Gasteiger charge is 2.03. The maximum Gasteiger partial charge on any atom is 0.237 e. The smallest absolute Gasteiger partial charge is 0.237 e. The van der Waals surface area contributed by atoms with Crippen molar-refractivity contribution in [3.63, 3.8) is 0 Å². The molecule has 3 nitrogen and oxygen atoms in total. The fraction of sp³-hybridized carbons (Fsp3) is 0.833. The van der Waals surface area contributed by atoms with Crippen molar-refractivity contribution in [3.05, 3.63) is 0 Å². The van der Waals surface area contributed by atoms with Gasteiger partial charge in [0.15, 0.2) is 0 Å². The van der Waals surface area contributed by atoms with Crippen molar-refractivity contribution in [2.45, 2.75) is 0 Å². The highest BCUT2D eigenvalue weighted by Crippen LogP contribution is 1.85. The highest BCUT2D eigenvalue weighted by molar-refractivity contribution is 6.27. The molecule has 0 saturated carbocycles.